The van der Waals surface area contributed by atoms with Crippen molar-refractivity contribution in [2.24, 2.45) is 5.92 Å². The molecule has 1 fully saturated rings. The van der Waals surface area contributed by atoms with E-state index in [4.69, 9.17) is 0 Å². The maximum absolute atomic E-state index is 12.4. The first-order chi connectivity index (χ1) is 9.16. The fraction of sp³-hybridized carbons (Fsp3) is 0.615. The molecule has 106 valence electrons. The van der Waals surface area contributed by atoms with Crippen LogP contribution in [0.3, 0.4) is 0 Å². The Morgan fingerprint density at radius 1 is 1.47 bits per heavy atom. The molecule has 0 radical (unpaired) electrons. The summed E-state index contributed by atoms with van der Waals surface area (Å²) in [5.41, 5.74) is 0.300. The quantitative estimate of drug-likeness (QED) is 0.852. The van der Waals surface area contributed by atoms with Crippen molar-refractivity contribution in [1.29, 1.82) is 0 Å². The molecule has 2 heterocycles. The van der Waals surface area contributed by atoms with Gasteiger partial charge in [-0.15, -0.1) is 0 Å². The van der Waals surface area contributed by atoms with E-state index in [0.717, 1.165) is 25.9 Å². The molecule has 1 saturated heterocycles. The molecule has 1 aliphatic rings. The second kappa shape index (κ2) is 6.65. The molecule has 0 aromatic carbocycles. The highest BCUT2D eigenvalue weighted by atomic mass is 19.3. The molecule has 0 atom stereocenters. The van der Waals surface area contributed by atoms with E-state index in [1.54, 1.807) is 12.1 Å². The molecule has 2 N–H and O–H groups in total. The lowest BCUT2D eigenvalue weighted by atomic mass is 9.98. The first-order valence-electron chi connectivity index (χ1n) is 6.59. The predicted molar refractivity (Wildman–Crippen MR) is 68.4 cm³/mol. The van der Waals surface area contributed by atoms with E-state index in [-0.39, 0.29) is 5.91 Å². The monoisotopic (exact) mass is 271 g/mol. The standard InChI is InChI=1S/C13H19F2N3O/c14-12(15)9-18-7-1-2-11(18)13(19)17-8-10-3-5-16-6-4-10/h1-2,7,10,12,16H,3-6,8-9H2,(H,17,19). The van der Waals surface area contributed by atoms with Crippen molar-refractivity contribution in [3.05, 3.63) is 24.0 Å². The summed E-state index contributed by atoms with van der Waals surface area (Å²) in [5.74, 6) is 0.202. The van der Waals surface area contributed by atoms with Gasteiger partial charge in [-0.05, 0) is 44.0 Å². The number of carbonyl (C=O) groups excluding carboxylic acids is 1. The van der Waals surface area contributed by atoms with Gasteiger partial charge in [-0.3, -0.25) is 4.79 Å². The summed E-state index contributed by atoms with van der Waals surface area (Å²) in [6.07, 6.45) is 1.13. The highest BCUT2D eigenvalue weighted by molar-refractivity contribution is 5.92. The summed E-state index contributed by atoms with van der Waals surface area (Å²) >= 11 is 0. The van der Waals surface area contributed by atoms with Crippen LogP contribution in [0.15, 0.2) is 18.3 Å². The van der Waals surface area contributed by atoms with Gasteiger partial charge in [0.2, 0.25) is 0 Å². The Hall–Kier alpha value is -1.43. The van der Waals surface area contributed by atoms with Crippen molar-refractivity contribution < 1.29 is 13.6 Å². The molecule has 1 amide bonds. The molecule has 6 heteroatoms. The molecule has 1 aliphatic heterocycles. The minimum Gasteiger partial charge on any atom is -0.350 e. The normalized spacial score (nSPS) is 16.8. The molecule has 1 aromatic heterocycles. The number of alkyl halides is 2. The highest BCUT2D eigenvalue weighted by Crippen LogP contribution is 2.11. The van der Waals surface area contributed by atoms with Gasteiger partial charge < -0.3 is 15.2 Å². The third-order valence-electron chi connectivity index (χ3n) is 3.41. The molecule has 0 bridgehead atoms. The molecule has 19 heavy (non-hydrogen) atoms. The summed E-state index contributed by atoms with van der Waals surface area (Å²) in [6.45, 7) is 2.12. The second-order valence-corrected chi connectivity index (χ2v) is 4.84. The number of nitrogens with one attached hydrogen (secondary N) is 2. The molecule has 0 saturated carbocycles. The molecule has 0 spiro atoms. The van der Waals surface area contributed by atoms with Crippen LogP contribution in [0.25, 0.3) is 0 Å². The van der Waals surface area contributed by atoms with Crippen molar-refractivity contribution in [3.8, 4) is 0 Å². The Morgan fingerprint density at radius 3 is 2.89 bits per heavy atom. The Kier molecular flexibility index (Phi) is 4.90. The molecule has 0 aliphatic carbocycles. The molecule has 0 unspecified atom stereocenters. The molecular formula is C13H19F2N3O. The van der Waals surface area contributed by atoms with Crippen LogP contribution in [-0.2, 0) is 6.54 Å². The number of rotatable bonds is 5. The molecule has 4 nitrogen and oxygen atoms in total. The van der Waals surface area contributed by atoms with Crippen molar-refractivity contribution in [2.45, 2.75) is 25.8 Å². The fourth-order valence-electron chi connectivity index (χ4n) is 2.34. The SMILES string of the molecule is O=C(NCC1CCNCC1)c1cccn1CC(F)F. The van der Waals surface area contributed by atoms with Gasteiger partial charge in [0.15, 0.2) is 0 Å². The summed E-state index contributed by atoms with van der Waals surface area (Å²) < 4.78 is 26.0. The summed E-state index contributed by atoms with van der Waals surface area (Å²) in [6, 6.07) is 3.18. The third kappa shape index (κ3) is 4.02. The maximum Gasteiger partial charge on any atom is 0.267 e. The minimum absolute atomic E-state index is 0.274. The fourth-order valence-corrected chi connectivity index (χ4v) is 2.34. The van der Waals surface area contributed by atoms with Crippen molar-refractivity contribution in [2.75, 3.05) is 19.6 Å². The van der Waals surface area contributed by atoms with Crippen LogP contribution in [0, 0.1) is 5.92 Å². The zero-order valence-corrected chi connectivity index (χ0v) is 10.7. The largest absolute Gasteiger partial charge is 0.350 e. The smallest absolute Gasteiger partial charge is 0.267 e. The van der Waals surface area contributed by atoms with Crippen LogP contribution in [-0.4, -0.2) is 36.5 Å². The van der Waals surface area contributed by atoms with Crippen molar-refractivity contribution >= 4 is 5.91 Å². The highest BCUT2D eigenvalue weighted by Gasteiger charge is 2.17. The average molecular weight is 271 g/mol. The van der Waals surface area contributed by atoms with Gasteiger partial charge in [-0.1, -0.05) is 0 Å². The van der Waals surface area contributed by atoms with Gasteiger partial charge in [0.1, 0.15) is 5.69 Å². The van der Waals surface area contributed by atoms with E-state index in [2.05, 4.69) is 10.6 Å². The summed E-state index contributed by atoms with van der Waals surface area (Å²) in [7, 11) is 0. The topological polar surface area (TPSA) is 46.1 Å². The van der Waals surface area contributed by atoms with Crippen LogP contribution >= 0.6 is 0 Å². The lowest BCUT2D eigenvalue weighted by Gasteiger charge is -2.22. The first-order valence-corrected chi connectivity index (χ1v) is 6.59. The van der Waals surface area contributed by atoms with Gasteiger partial charge in [-0.25, -0.2) is 8.78 Å². The van der Waals surface area contributed by atoms with Crippen LogP contribution in [0.5, 0.6) is 0 Å². The molecule has 1 aromatic rings. The number of nitrogens with zero attached hydrogens (tertiary/aromatic N) is 1. The zero-order chi connectivity index (χ0) is 13.7. The summed E-state index contributed by atoms with van der Waals surface area (Å²) in [4.78, 5) is 12.0. The lowest BCUT2D eigenvalue weighted by Crippen LogP contribution is -2.36. The number of hydrogen-bond donors (Lipinski definition) is 2. The van der Waals surface area contributed by atoms with Crippen LogP contribution in [0.2, 0.25) is 0 Å². The first kappa shape index (κ1) is 14.0. The van der Waals surface area contributed by atoms with Gasteiger partial charge in [0.05, 0.1) is 6.54 Å². The third-order valence-corrected chi connectivity index (χ3v) is 3.41. The zero-order valence-electron chi connectivity index (χ0n) is 10.7. The van der Waals surface area contributed by atoms with Gasteiger partial charge in [-0.2, -0.15) is 0 Å². The molecular weight excluding hydrogens is 252 g/mol. The van der Waals surface area contributed by atoms with Crippen LogP contribution in [0.1, 0.15) is 23.3 Å². The Labute approximate surface area is 111 Å². The number of carbonyl (C=O) groups is 1. The van der Waals surface area contributed by atoms with Gasteiger partial charge in [0.25, 0.3) is 12.3 Å². The summed E-state index contributed by atoms with van der Waals surface area (Å²) in [5, 5.41) is 6.10. The van der Waals surface area contributed by atoms with E-state index < -0.39 is 13.0 Å². The van der Waals surface area contributed by atoms with E-state index in [0.29, 0.717) is 18.2 Å². The second-order valence-electron chi connectivity index (χ2n) is 4.84. The van der Waals surface area contributed by atoms with Crippen molar-refractivity contribution in [3.63, 3.8) is 0 Å². The van der Waals surface area contributed by atoms with Crippen molar-refractivity contribution in [1.82, 2.24) is 15.2 Å². The van der Waals surface area contributed by atoms with E-state index in [1.807, 2.05) is 0 Å². The van der Waals surface area contributed by atoms with Gasteiger partial charge >= 0.3 is 0 Å². The average Bonchev–Trinajstić information content (AvgIpc) is 2.84. The predicted octanol–water partition coefficient (Wildman–Crippen LogP) is 1.48. The lowest BCUT2D eigenvalue weighted by molar-refractivity contribution is 0.0921. The Balaban J connectivity index is 1.87. The number of aromatic nitrogens is 1. The Morgan fingerprint density at radius 2 is 2.21 bits per heavy atom. The number of hydrogen-bond acceptors (Lipinski definition) is 2. The number of piperidine rings is 1. The van der Waals surface area contributed by atoms with Gasteiger partial charge in [0, 0.05) is 12.7 Å². The van der Waals surface area contributed by atoms with Crippen LogP contribution in [0.4, 0.5) is 8.78 Å². The number of halogens is 2. The molecule has 2 rings (SSSR count). The Bertz CT molecular complexity index is 414. The van der Waals surface area contributed by atoms with E-state index in [9.17, 15) is 13.6 Å². The maximum atomic E-state index is 12.4. The number of amides is 1. The van der Waals surface area contributed by atoms with E-state index >= 15 is 0 Å². The van der Waals surface area contributed by atoms with E-state index in [1.165, 1.54) is 10.8 Å². The minimum atomic E-state index is -2.46. The van der Waals surface area contributed by atoms with Crippen LogP contribution < -0.4 is 10.6 Å².